The van der Waals surface area contributed by atoms with E-state index in [4.69, 9.17) is 15.2 Å². The first-order chi connectivity index (χ1) is 8.31. The summed E-state index contributed by atoms with van der Waals surface area (Å²) in [5, 5.41) is 0. The molecule has 1 aromatic carbocycles. The molecule has 0 aliphatic heterocycles. The van der Waals surface area contributed by atoms with Gasteiger partial charge in [-0.3, -0.25) is 0 Å². The number of methoxy groups -OCH3 is 1. The van der Waals surface area contributed by atoms with Crippen LogP contribution in [0.4, 0.5) is 0 Å². The fourth-order valence-corrected chi connectivity index (χ4v) is 2.14. The van der Waals surface area contributed by atoms with E-state index < -0.39 is 0 Å². The Labute approximate surface area is 118 Å². The van der Waals surface area contributed by atoms with Crippen LogP contribution in [0.1, 0.15) is 26.3 Å². The molecular formula is C14H22BrNO2. The Balaban J connectivity index is 2.54. The molecule has 0 heterocycles. The number of hydrogen-bond donors (Lipinski definition) is 1. The smallest absolute Gasteiger partial charge is 0.133 e. The molecule has 0 bridgehead atoms. The number of rotatable bonds is 5. The third kappa shape index (κ3) is 5.38. The first-order valence-corrected chi connectivity index (χ1v) is 6.83. The molecule has 1 atom stereocenters. The molecule has 1 rings (SSSR count). The van der Waals surface area contributed by atoms with Crippen molar-refractivity contribution in [3.63, 3.8) is 0 Å². The van der Waals surface area contributed by atoms with E-state index in [0.717, 1.165) is 16.6 Å². The summed E-state index contributed by atoms with van der Waals surface area (Å²) < 4.78 is 11.8. The first kappa shape index (κ1) is 15.5. The molecular weight excluding hydrogens is 294 g/mol. The maximum atomic E-state index is 6.06. The lowest BCUT2D eigenvalue weighted by atomic mass is 10.1. The average Bonchev–Trinajstić information content (AvgIpc) is 2.26. The maximum absolute atomic E-state index is 6.06. The summed E-state index contributed by atoms with van der Waals surface area (Å²) in [4.78, 5) is 0. The van der Waals surface area contributed by atoms with Gasteiger partial charge in [0.05, 0.1) is 23.8 Å². The Morgan fingerprint density at radius 1 is 1.33 bits per heavy atom. The standard InChI is InChI=1S/C14H22BrNO2/c1-14(2,3)18-9-11(16)7-10-5-6-13(17-4)12(15)8-10/h5-6,8,11H,7,9,16H2,1-4H3. The van der Waals surface area contributed by atoms with Crippen molar-refractivity contribution in [1.82, 2.24) is 0 Å². The number of benzene rings is 1. The highest BCUT2D eigenvalue weighted by molar-refractivity contribution is 9.10. The summed E-state index contributed by atoms with van der Waals surface area (Å²) >= 11 is 3.47. The van der Waals surface area contributed by atoms with E-state index in [1.165, 1.54) is 5.56 Å². The van der Waals surface area contributed by atoms with Crippen LogP contribution in [0.25, 0.3) is 0 Å². The van der Waals surface area contributed by atoms with E-state index in [9.17, 15) is 0 Å². The zero-order valence-electron chi connectivity index (χ0n) is 11.5. The zero-order valence-corrected chi connectivity index (χ0v) is 13.1. The van der Waals surface area contributed by atoms with Gasteiger partial charge in [-0.05, 0) is 60.8 Å². The molecule has 18 heavy (non-hydrogen) atoms. The fraction of sp³-hybridized carbons (Fsp3) is 0.571. The molecule has 0 saturated carbocycles. The topological polar surface area (TPSA) is 44.5 Å². The van der Waals surface area contributed by atoms with E-state index in [2.05, 4.69) is 15.9 Å². The van der Waals surface area contributed by atoms with Crippen LogP contribution in [0.2, 0.25) is 0 Å². The molecule has 1 aromatic rings. The van der Waals surface area contributed by atoms with E-state index in [-0.39, 0.29) is 11.6 Å². The Morgan fingerprint density at radius 3 is 2.50 bits per heavy atom. The normalized spacial score (nSPS) is 13.4. The quantitative estimate of drug-likeness (QED) is 0.907. The minimum Gasteiger partial charge on any atom is -0.496 e. The van der Waals surface area contributed by atoms with Crippen LogP contribution in [0.3, 0.4) is 0 Å². The molecule has 0 spiro atoms. The van der Waals surface area contributed by atoms with Crippen molar-refractivity contribution in [2.45, 2.75) is 38.8 Å². The van der Waals surface area contributed by atoms with Gasteiger partial charge >= 0.3 is 0 Å². The van der Waals surface area contributed by atoms with Crippen molar-refractivity contribution >= 4 is 15.9 Å². The molecule has 0 fully saturated rings. The largest absolute Gasteiger partial charge is 0.496 e. The van der Waals surface area contributed by atoms with Crippen molar-refractivity contribution < 1.29 is 9.47 Å². The van der Waals surface area contributed by atoms with Gasteiger partial charge in [-0.15, -0.1) is 0 Å². The van der Waals surface area contributed by atoms with Crippen LogP contribution in [0.15, 0.2) is 22.7 Å². The maximum Gasteiger partial charge on any atom is 0.133 e. The van der Waals surface area contributed by atoms with Gasteiger partial charge in [-0.1, -0.05) is 6.07 Å². The van der Waals surface area contributed by atoms with Crippen molar-refractivity contribution in [2.75, 3.05) is 13.7 Å². The van der Waals surface area contributed by atoms with Crippen LogP contribution in [-0.2, 0) is 11.2 Å². The van der Waals surface area contributed by atoms with Gasteiger partial charge in [-0.25, -0.2) is 0 Å². The van der Waals surface area contributed by atoms with Crippen LogP contribution in [-0.4, -0.2) is 25.4 Å². The Kier molecular flexibility index (Phi) is 5.63. The van der Waals surface area contributed by atoms with Crippen LogP contribution < -0.4 is 10.5 Å². The Morgan fingerprint density at radius 2 is 2.00 bits per heavy atom. The Hall–Kier alpha value is -0.580. The second-order valence-corrected chi connectivity index (χ2v) is 6.21. The van der Waals surface area contributed by atoms with Crippen molar-refractivity contribution in [1.29, 1.82) is 0 Å². The molecule has 0 aromatic heterocycles. The third-order valence-corrected chi connectivity index (χ3v) is 3.06. The van der Waals surface area contributed by atoms with Gasteiger partial charge in [0.2, 0.25) is 0 Å². The van der Waals surface area contributed by atoms with Crippen LogP contribution in [0.5, 0.6) is 5.75 Å². The molecule has 0 aliphatic carbocycles. The molecule has 0 aliphatic rings. The van der Waals surface area contributed by atoms with Crippen LogP contribution in [0, 0.1) is 0 Å². The van der Waals surface area contributed by atoms with Gasteiger partial charge < -0.3 is 15.2 Å². The van der Waals surface area contributed by atoms with Gasteiger partial charge in [0.1, 0.15) is 5.75 Å². The lowest BCUT2D eigenvalue weighted by Gasteiger charge is -2.22. The summed E-state index contributed by atoms with van der Waals surface area (Å²) in [6.07, 6.45) is 0.790. The van der Waals surface area contributed by atoms with E-state index >= 15 is 0 Å². The van der Waals surface area contributed by atoms with Crippen molar-refractivity contribution in [2.24, 2.45) is 5.73 Å². The van der Waals surface area contributed by atoms with Gasteiger partial charge in [-0.2, -0.15) is 0 Å². The molecule has 3 nitrogen and oxygen atoms in total. The predicted molar refractivity (Wildman–Crippen MR) is 78.1 cm³/mol. The number of hydrogen-bond acceptors (Lipinski definition) is 3. The lowest BCUT2D eigenvalue weighted by Crippen LogP contribution is -2.33. The van der Waals surface area contributed by atoms with Crippen LogP contribution >= 0.6 is 15.9 Å². The third-order valence-electron chi connectivity index (χ3n) is 2.44. The minimum atomic E-state index is -0.141. The molecule has 0 saturated heterocycles. The van der Waals surface area contributed by atoms with Gasteiger partial charge in [0.15, 0.2) is 0 Å². The second kappa shape index (κ2) is 6.55. The second-order valence-electron chi connectivity index (χ2n) is 5.36. The molecule has 0 amide bonds. The van der Waals surface area contributed by atoms with E-state index in [0.29, 0.717) is 6.61 Å². The number of nitrogens with two attached hydrogens (primary N) is 1. The monoisotopic (exact) mass is 315 g/mol. The number of halogens is 1. The Bertz CT molecular complexity index is 388. The minimum absolute atomic E-state index is 0.00419. The fourth-order valence-electron chi connectivity index (χ4n) is 1.56. The summed E-state index contributed by atoms with van der Waals surface area (Å²) in [5.74, 6) is 0.832. The molecule has 102 valence electrons. The first-order valence-electron chi connectivity index (χ1n) is 6.04. The average molecular weight is 316 g/mol. The molecule has 1 unspecified atom stereocenters. The van der Waals surface area contributed by atoms with Gasteiger partial charge in [0, 0.05) is 6.04 Å². The predicted octanol–water partition coefficient (Wildman–Crippen LogP) is 3.14. The number of ether oxygens (including phenoxy) is 2. The lowest BCUT2D eigenvalue weighted by molar-refractivity contribution is -0.00983. The van der Waals surface area contributed by atoms with Crippen molar-refractivity contribution in [3.05, 3.63) is 28.2 Å². The highest BCUT2D eigenvalue weighted by Crippen LogP contribution is 2.25. The molecule has 2 N–H and O–H groups in total. The van der Waals surface area contributed by atoms with E-state index in [1.54, 1.807) is 7.11 Å². The summed E-state index contributed by atoms with van der Waals surface area (Å²) in [6.45, 7) is 6.66. The van der Waals surface area contributed by atoms with E-state index in [1.807, 2.05) is 39.0 Å². The zero-order chi connectivity index (χ0) is 13.8. The SMILES string of the molecule is COc1ccc(CC(N)COC(C)(C)C)cc1Br. The summed E-state index contributed by atoms with van der Waals surface area (Å²) in [6, 6.07) is 6.01. The van der Waals surface area contributed by atoms with Gasteiger partial charge in [0.25, 0.3) is 0 Å². The molecule has 4 heteroatoms. The highest BCUT2D eigenvalue weighted by atomic mass is 79.9. The highest BCUT2D eigenvalue weighted by Gasteiger charge is 2.13. The van der Waals surface area contributed by atoms with Crippen molar-refractivity contribution in [3.8, 4) is 5.75 Å². The summed E-state index contributed by atoms with van der Waals surface area (Å²) in [5.41, 5.74) is 7.09. The molecule has 0 radical (unpaired) electrons. The summed E-state index contributed by atoms with van der Waals surface area (Å²) in [7, 11) is 1.66.